The Morgan fingerprint density at radius 1 is 1.20 bits per heavy atom. The Morgan fingerprint density at radius 3 is 2.75 bits per heavy atom. The molecular weight excluding hydrogens is 318 g/mol. The number of hydrogen-bond donors (Lipinski definition) is 2. The zero-order chi connectivity index (χ0) is 14.4. The molecule has 2 aromatic rings. The molecule has 4 nitrogen and oxygen atoms in total. The third-order valence-corrected chi connectivity index (χ3v) is 3.54. The van der Waals surface area contributed by atoms with Gasteiger partial charge in [-0.15, -0.1) is 0 Å². The van der Waals surface area contributed by atoms with Crippen molar-refractivity contribution in [2.45, 2.75) is 13.3 Å². The van der Waals surface area contributed by atoms with Crippen LogP contribution in [0, 0.1) is 6.92 Å². The SMILES string of the molecule is Cc1cccc(NC(=O)NCCc2ccccc2Br)n1. The summed E-state index contributed by atoms with van der Waals surface area (Å²) in [6.45, 7) is 2.45. The maximum atomic E-state index is 11.7. The molecule has 0 atom stereocenters. The van der Waals surface area contributed by atoms with Crippen LogP contribution in [0.1, 0.15) is 11.3 Å². The van der Waals surface area contributed by atoms with Crippen LogP contribution in [0.25, 0.3) is 0 Å². The predicted octanol–water partition coefficient (Wildman–Crippen LogP) is 3.52. The lowest BCUT2D eigenvalue weighted by molar-refractivity contribution is 0.252. The van der Waals surface area contributed by atoms with Gasteiger partial charge in [0, 0.05) is 16.7 Å². The number of nitrogens with one attached hydrogen (secondary N) is 2. The smallest absolute Gasteiger partial charge is 0.320 e. The molecule has 0 saturated heterocycles. The number of anilines is 1. The average Bonchev–Trinajstić information content (AvgIpc) is 2.41. The van der Waals surface area contributed by atoms with Gasteiger partial charge in [-0.1, -0.05) is 40.2 Å². The zero-order valence-electron chi connectivity index (χ0n) is 11.2. The summed E-state index contributed by atoms with van der Waals surface area (Å²) < 4.78 is 1.06. The van der Waals surface area contributed by atoms with Crippen LogP contribution >= 0.6 is 15.9 Å². The van der Waals surface area contributed by atoms with Gasteiger partial charge in [-0.3, -0.25) is 5.32 Å². The predicted molar refractivity (Wildman–Crippen MR) is 83.8 cm³/mol. The summed E-state index contributed by atoms with van der Waals surface area (Å²) >= 11 is 3.49. The van der Waals surface area contributed by atoms with Gasteiger partial charge in [0.05, 0.1) is 0 Å². The highest BCUT2D eigenvalue weighted by Gasteiger charge is 2.03. The molecule has 5 heteroatoms. The van der Waals surface area contributed by atoms with E-state index in [9.17, 15) is 4.79 Å². The van der Waals surface area contributed by atoms with E-state index in [1.807, 2.05) is 43.3 Å². The summed E-state index contributed by atoms with van der Waals surface area (Å²) in [7, 11) is 0. The van der Waals surface area contributed by atoms with Gasteiger partial charge in [-0.2, -0.15) is 0 Å². The van der Waals surface area contributed by atoms with Gasteiger partial charge in [0.25, 0.3) is 0 Å². The number of halogens is 1. The molecule has 2 N–H and O–H groups in total. The second kappa shape index (κ2) is 7.05. The molecule has 0 aliphatic rings. The van der Waals surface area contributed by atoms with Crippen LogP contribution in [-0.2, 0) is 6.42 Å². The minimum atomic E-state index is -0.241. The quantitative estimate of drug-likeness (QED) is 0.899. The second-order valence-corrected chi connectivity index (χ2v) is 5.24. The van der Waals surface area contributed by atoms with Crippen molar-refractivity contribution in [1.82, 2.24) is 10.3 Å². The highest BCUT2D eigenvalue weighted by atomic mass is 79.9. The molecule has 2 amide bonds. The van der Waals surface area contributed by atoms with Gasteiger partial charge in [0.1, 0.15) is 5.82 Å². The van der Waals surface area contributed by atoms with E-state index >= 15 is 0 Å². The molecular formula is C15H16BrN3O. The first kappa shape index (κ1) is 14.5. The van der Waals surface area contributed by atoms with Crippen molar-refractivity contribution < 1.29 is 4.79 Å². The molecule has 1 aromatic heterocycles. The fraction of sp³-hybridized carbons (Fsp3) is 0.200. The Kier molecular flexibility index (Phi) is 5.12. The molecule has 2 rings (SSSR count). The normalized spacial score (nSPS) is 10.1. The van der Waals surface area contributed by atoms with Crippen molar-refractivity contribution >= 4 is 27.8 Å². The summed E-state index contributed by atoms with van der Waals surface area (Å²) in [5.41, 5.74) is 2.04. The third kappa shape index (κ3) is 4.35. The molecule has 0 aliphatic carbocycles. The first-order valence-electron chi connectivity index (χ1n) is 6.37. The largest absolute Gasteiger partial charge is 0.337 e. The minimum absolute atomic E-state index is 0.241. The van der Waals surface area contributed by atoms with Crippen molar-refractivity contribution in [2.24, 2.45) is 0 Å². The maximum Gasteiger partial charge on any atom is 0.320 e. The Morgan fingerprint density at radius 2 is 2.00 bits per heavy atom. The van der Waals surface area contributed by atoms with Crippen molar-refractivity contribution in [2.75, 3.05) is 11.9 Å². The van der Waals surface area contributed by atoms with Crippen LogP contribution in [0.5, 0.6) is 0 Å². The van der Waals surface area contributed by atoms with E-state index in [4.69, 9.17) is 0 Å². The third-order valence-electron chi connectivity index (χ3n) is 2.77. The minimum Gasteiger partial charge on any atom is -0.337 e. The van der Waals surface area contributed by atoms with Crippen LogP contribution in [0.3, 0.4) is 0 Å². The monoisotopic (exact) mass is 333 g/mol. The summed E-state index contributed by atoms with van der Waals surface area (Å²) in [6, 6.07) is 13.2. The number of pyridine rings is 1. The van der Waals surface area contributed by atoms with E-state index in [1.165, 1.54) is 5.56 Å². The molecule has 0 spiro atoms. The van der Waals surface area contributed by atoms with Gasteiger partial charge in [0.2, 0.25) is 0 Å². The van der Waals surface area contributed by atoms with Crippen molar-refractivity contribution in [3.63, 3.8) is 0 Å². The summed E-state index contributed by atoms with van der Waals surface area (Å²) in [4.78, 5) is 15.9. The number of hydrogen-bond acceptors (Lipinski definition) is 2. The topological polar surface area (TPSA) is 54.0 Å². The lowest BCUT2D eigenvalue weighted by Crippen LogP contribution is -2.30. The van der Waals surface area contributed by atoms with Gasteiger partial charge >= 0.3 is 6.03 Å². The van der Waals surface area contributed by atoms with E-state index in [2.05, 4.69) is 31.5 Å². The first-order valence-corrected chi connectivity index (χ1v) is 7.16. The van der Waals surface area contributed by atoms with Crippen molar-refractivity contribution in [1.29, 1.82) is 0 Å². The van der Waals surface area contributed by atoms with E-state index in [0.29, 0.717) is 12.4 Å². The summed E-state index contributed by atoms with van der Waals surface area (Å²) in [5.74, 6) is 0.559. The first-order chi connectivity index (χ1) is 9.65. The standard InChI is InChI=1S/C15H16BrN3O/c1-11-5-4-8-14(18-11)19-15(20)17-10-9-12-6-2-3-7-13(12)16/h2-8H,9-10H2,1H3,(H2,17,18,19,20). The van der Waals surface area contributed by atoms with Gasteiger partial charge < -0.3 is 5.32 Å². The number of carbonyl (C=O) groups excluding carboxylic acids is 1. The fourth-order valence-corrected chi connectivity index (χ4v) is 2.27. The zero-order valence-corrected chi connectivity index (χ0v) is 12.8. The molecule has 1 aromatic carbocycles. The summed E-state index contributed by atoms with van der Waals surface area (Å²) in [6.07, 6.45) is 0.774. The number of urea groups is 1. The van der Waals surface area contributed by atoms with Gasteiger partial charge in [-0.05, 0) is 37.1 Å². The van der Waals surface area contributed by atoms with E-state index in [0.717, 1.165) is 16.6 Å². The fourth-order valence-electron chi connectivity index (χ4n) is 1.79. The molecule has 20 heavy (non-hydrogen) atoms. The van der Waals surface area contributed by atoms with Crippen LogP contribution < -0.4 is 10.6 Å². The lowest BCUT2D eigenvalue weighted by atomic mass is 10.1. The number of aryl methyl sites for hydroxylation is 1. The Labute approximate surface area is 126 Å². The lowest BCUT2D eigenvalue weighted by Gasteiger charge is -2.08. The molecule has 0 unspecified atom stereocenters. The Balaban J connectivity index is 1.80. The second-order valence-electron chi connectivity index (χ2n) is 4.39. The average molecular weight is 334 g/mol. The van der Waals surface area contributed by atoms with Crippen LogP contribution in [0.4, 0.5) is 10.6 Å². The van der Waals surface area contributed by atoms with Gasteiger partial charge in [-0.25, -0.2) is 9.78 Å². The number of amides is 2. The number of aromatic nitrogens is 1. The van der Waals surface area contributed by atoms with E-state index in [1.54, 1.807) is 6.07 Å². The number of rotatable bonds is 4. The van der Waals surface area contributed by atoms with E-state index in [-0.39, 0.29) is 6.03 Å². The molecule has 0 aliphatic heterocycles. The number of carbonyl (C=O) groups is 1. The molecule has 0 bridgehead atoms. The van der Waals surface area contributed by atoms with Crippen molar-refractivity contribution in [3.8, 4) is 0 Å². The van der Waals surface area contributed by atoms with Crippen LogP contribution in [0.2, 0.25) is 0 Å². The van der Waals surface area contributed by atoms with E-state index < -0.39 is 0 Å². The van der Waals surface area contributed by atoms with Gasteiger partial charge in [0.15, 0.2) is 0 Å². The van der Waals surface area contributed by atoms with Crippen molar-refractivity contribution in [3.05, 3.63) is 58.2 Å². The summed E-state index contributed by atoms with van der Waals surface area (Å²) in [5, 5.41) is 5.53. The number of nitrogens with zero attached hydrogens (tertiary/aromatic N) is 1. The molecule has 1 heterocycles. The Bertz CT molecular complexity index is 601. The van der Waals surface area contributed by atoms with Crippen LogP contribution in [0.15, 0.2) is 46.9 Å². The highest BCUT2D eigenvalue weighted by Crippen LogP contribution is 2.15. The molecule has 0 radical (unpaired) electrons. The Hall–Kier alpha value is -1.88. The number of benzene rings is 1. The molecule has 0 saturated carbocycles. The highest BCUT2D eigenvalue weighted by molar-refractivity contribution is 9.10. The van der Waals surface area contributed by atoms with Crippen LogP contribution in [-0.4, -0.2) is 17.6 Å². The molecule has 104 valence electrons. The molecule has 0 fully saturated rings. The maximum absolute atomic E-state index is 11.7.